The summed E-state index contributed by atoms with van der Waals surface area (Å²) in [6, 6.07) is 17.0. The predicted octanol–water partition coefficient (Wildman–Crippen LogP) is 1.05. The molecule has 2 heterocycles. The van der Waals surface area contributed by atoms with Crippen LogP contribution in [0.5, 0.6) is 0 Å². The van der Waals surface area contributed by atoms with Crippen molar-refractivity contribution in [1.82, 2.24) is 10.2 Å². The summed E-state index contributed by atoms with van der Waals surface area (Å²) >= 11 is 0. The minimum absolute atomic E-state index is 0.218. The molecule has 0 aromatic heterocycles. The van der Waals surface area contributed by atoms with Gasteiger partial charge in [-0.1, -0.05) is 48.5 Å². The van der Waals surface area contributed by atoms with Gasteiger partial charge in [0.2, 0.25) is 15.9 Å². The molecule has 4 rings (SSSR count). The number of benzene rings is 2. The van der Waals surface area contributed by atoms with Crippen LogP contribution in [-0.2, 0) is 36.4 Å². The number of ether oxygens (including phenoxy) is 1. The SMILES string of the molecule is CC(C)(N)C(=O)N[C@](N)(COCc1ccccc1)C(=O)N1CCC2(CC1)CN(S(C)(=O)=O)c1ccccc12. The van der Waals surface area contributed by atoms with E-state index in [-0.39, 0.29) is 13.2 Å². The van der Waals surface area contributed by atoms with Gasteiger partial charge in [0, 0.05) is 25.0 Å². The van der Waals surface area contributed by atoms with Gasteiger partial charge < -0.3 is 20.7 Å². The van der Waals surface area contributed by atoms with Gasteiger partial charge in [-0.25, -0.2) is 8.42 Å². The van der Waals surface area contributed by atoms with Gasteiger partial charge in [0.15, 0.2) is 5.66 Å². The first-order valence-corrected chi connectivity index (χ1v) is 14.5. The third-order valence-electron chi connectivity index (χ3n) is 7.34. The van der Waals surface area contributed by atoms with E-state index in [0.29, 0.717) is 38.2 Å². The highest BCUT2D eigenvalue weighted by Gasteiger charge is 2.49. The Balaban J connectivity index is 1.51. The smallest absolute Gasteiger partial charge is 0.265 e. The maximum Gasteiger partial charge on any atom is 0.265 e. The first-order chi connectivity index (χ1) is 17.8. The van der Waals surface area contributed by atoms with Crippen molar-refractivity contribution in [3.63, 3.8) is 0 Å². The number of fused-ring (bicyclic) bond motifs is 2. The topological polar surface area (TPSA) is 148 Å². The lowest BCUT2D eigenvalue weighted by Gasteiger charge is -2.43. The fraction of sp³-hybridized carbons (Fsp3) is 0.481. The molecule has 2 aromatic rings. The Morgan fingerprint density at radius 3 is 2.24 bits per heavy atom. The zero-order valence-electron chi connectivity index (χ0n) is 22.1. The van der Waals surface area contributed by atoms with Crippen LogP contribution >= 0.6 is 0 Å². The van der Waals surface area contributed by atoms with Gasteiger partial charge in [-0.05, 0) is 43.9 Å². The molecule has 0 unspecified atom stereocenters. The Kier molecular flexibility index (Phi) is 7.59. The van der Waals surface area contributed by atoms with Crippen molar-refractivity contribution >= 4 is 27.5 Å². The zero-order chi connectivity index (χ0) is 27.8. The van der Waals surface area contributed by atoms with E-state index in [1.54, 1.807) is 4.90 Å². The van der Waals surface area contributed by atoms with Crippen LogP contribution in [0.1, 0.15) is 37.8 Å². The zero-order valence-corrected chi connectivity index (χ0v) is 23.0. The number of hydrogen-bond acceptors (Lipinski definition) is 7. The van der Waals surface area contributed by atoms with Crippen LogP contribution in [0, 0.1) is 0 Å². The number of likely N-dealkylation sites (tertiary alicyclic amines) is 1. The van der Waals surface area contributed by atoms with Crippen molar-refractivity contribution in [2.24, 2.45) is 11.5 Å². The summed E-state index contributed by atoms with van der Waals surface area (Å²) in [5.74, 6) is -1.04. The first kappa shape index (κ1) is 28.0. The van der Waals surface area contributed by atoms with Gasteiger partial charge in [0.05, 0.1) is 30.7 Å². The van der Waals surface area contributed by atoms with Gasteiger partial charge in [0.25, 0.3) is 5.91 Å². The fourth-order valence-corrected chi connectivity index (χ4v) is 6.15. The fourth-order valence-electron chi connectivity index (χ4n) is 5.15. The normalized spacial score (nSPS) is 18.7. The molecule has 11 heteroatoms. The highest BCUT2D eigenvalue weighted by Crippen LogP contribution is 2.47. The van der Waals surface area contributed by atoms with E-state index in [4.69, 9.17) is 16.2 Å². The molecule has 2 aliphatic rings. The molecule has 1 atom stereocenters. The van der Waals surface area contributed by atoms with Crippen molar-refractivity contribution < 1.29 is 22.7 Å². The molecule has 0 saturated carbocycles. The molecule has 1 spiro atoms. The van der Waals surface area contributed by atoms with Crippen LogP contribution in [0.4, 0.5) is 5.69 Å². The van der Waals surface area contributed by atoms with Crippen molar-refractivity contribution in [3.8, 4) is 0 Å². The molecule has 0 bridgehead atoms. The second-order valence-corrected chi connectivity index (χ2v) is 12.9. The van der Waals surface area contributed by atoms with Crippen LogP contribution in [0.2, 0.25) is 0 Å². The van der Waals surface area contributed by atoms with E-state index >= 15 is 0 Å². The van der Waals surface area contributed by atoms with Gasteiger partial charge in [-0.15, -0.1) is 0 Å². The van der Waals surface area contributed by atoms with E-state index in [2.05, 4.69) is 5.32 Å². The Bertz CT molecular complexity index is 1290. The third kappa shape index (κ3) is 5.70. The van der Waals surface area contributed by atoms with Gasteiger partial charge in [-0.2, -0.15) is 0 Å². The molecule has 10 nitrogen and oxygen atoms in total. The van der Waals surface area contributed by atoms with E-state index in [0.717, 1.165) is 11.1 Å². The lowest BCUT2D eigenvalue weighted by atomic mass is 9.74. The molecule has 0 aliphatic carbocycles. The maximum absolute atomic E-state index is 13.8. The molecule has 1 fully saturated rings. The molecule has 0 radical (unpaired) electrons. The molecule has 2 aromatic carbocycles. The van der Waals surface area contributed by atoms with Crippen LogP contribution < -0.4 is 21.1 Å². The molecule has 5 N–H and O–H groups in total. The molecular formula is C27H37N5O5S. The lowest BCUT2D eigenvalue weighted by molar-refractivity contribution is -0.147. The van der Waals surface area contributed by atoms with Crippen LogP contribution in [0.15, 0.2) is 54.6 Å². The summed E-state index contributed by atoms with van der Waals surface area (Å²) in [4.78, 5) is 28.1. The molecule has 2 amide bonds. The summed E-state index contributed by atoms with van der Waals surface area (Å²) in [6.07, 6.45) is 2.32. The minimum atomic E-state index is -3.45. The number of nitrogens with two attached hydrogens (primary N) is 2. The molecular weight excluding hydrogens is 506 g/mol. The number of carbonyl (C=O) groups is 2. The van der Waals surface area contributed by atoms with E-state index in [1.807, 2.05) is 54.6 Å². The van der Waals surface area contributed by atoms with Gasteiger partial charge in [-0.3, -0.25) is 19.6 Å². The number of carbonyl (C=O) groups excluding carboxylic acids is 2. The largest absolute Gasteiger partial charge is 0.372 e. The maximum atomic E-state index is 13.8. The number of piperidine rings is 1. The van der Waals surface area contributed by atoms with E-state index < -0.39 is 38.5 Å². The summed E-state index contributed by atoms with van der Waals surface area (Å²) < 4.78 is 32.2. The summed E-state index contributed by atoms with van der Waals surface area (Å²) in [6.45, 7) is 4.08. The monoisotopic (exact) mass is 543 g/mol. The number of sulfonamides is 1. The van der Waals surface area contributed by atoms with Crippen molar-refractivity contribution in [1.29, 1.82) is 0 Å². The predicted molar refractivity (Wildman–Crippen MR) is 146 cm³/mol. The third-order valence-corrected chi connectivity index (χ3v) is 8.47. The van der Waals surface area contributed by atoms with Gasteiger partial charge in [0.1, 0.15) is 0 Å². The number of para-hydroxylation sites is 1. The minimum Gasteiger partial charge on any atom is -0.372 e. The average molecular weight is 544 g/mol. The second kappa shape index (κ2) is 10.3. The summed E-state index contributed by atoms with van der Waals surface area (Å²) in [7, 11) is -3.45. The number of amides is 2. The number of nitrogens with one attached hydrogen (secondary N) is 1. The number of rotatable bonds is 8. The Hall–Kier alpha value is -2.99. The summed E-state index contributed by atoms with van der Waals surface area (Å²) in [5.41, 5.74) is 11.6. The Labute approximate surface area is 224 Å². The standard InChI is InChI=1S/C27H37N5O5S/c1-25(2,28)23(33)30-27(29,19-37-17-20-9-5-4-6-10-20)24(34)31-15-13-26(14-16-31)18-32(38(3,35)36)22-12-8-7-11-21(22)26/h4-12H,13-19,28-29H2,1-3H3,(H,30,33)/t27-/m1/s1. The Morgan fingerprint density at radius 2 is 1.63 bits per heavy atom. The molecule has 206 valence electrons. The Morgan fingerprint density at radius 1 is 1.03 bits per heavy atom. The molecule has 2 aliphatic heterocycles. The number of anilines is 1. The summed E-state index contributed by atoms with van der Waals surface area (Å²) in [5, 5.41) is 2.63. The highest BCUT2D eigenvalue weighted by atomic mass is 32.2. The highest BCUT2D eigenvalue weighted by molar-refractivity contribution is 7.92. The molecule has 1 saturated heterocycles. The average Bonchev–Trinajstić information content (AvgIpc) is 3.19. The van der Waals surface area contributed by atoms with Crippen LogP contribution in [0.25, 0.3) is 0 Å². The van der Waals surface area contributed by atoms with E-state index in [1.165, 1.54) is 24.4 Å². The van der Waals surface area contributed by atoms with E-state index in [9.17, 15) is 18.0 Å². The quantitative estimate of drug-likeness (QED) is 0.422. The number of hydrogen-bond donors (Lipinski definition) is 3. The second-order valence-electron chi connectivity index (χ2n) is 11.0. The lowest BCUT2D eigenvalue weighted by Crippen LogP contribution is -2.71. The van der Waals surface area contributed by atoms with Gasteiger partial charge >= 0.3 is 0 Å². The first-order valence-electron chi connectivity index (χ1n) is 12.6. The number of nitrogens with zero attached hydrogens (tertiary/aromatic N) is 2. The molecule has 38 heavy (non-hydrogen) atoms. The van der Waals surface area contributed by atoms with Crippen molar-refractivity contribution in [3.05, 3.63) is 65.7 Å². The van der Waals surface area contributed by atoms with Crippen molar-refractivity contribution in [2.45, 2.75) is 49.9 Å². The van der Waals surface area contributed by atoms with Crippen molar-refractivity contribution in [2.75, 3.05) is 36.8 Å². The van der Waals surface area contributed by atoms with Crippen LogP contribution in [-0.4, -0.2) is 68.8 Å². The van der Waals surface area contributed by atoms with Crippen LogP contribution in [0.3, 0.4) is 0 Å².